The van der Waals surface area contributed by atoms with Gasteiger partial charge in [0.15, 0.2) is 5.67 Å². The van der Waals surface area contributed by atoms with Gasteiger partial charge in [0.05, 0.1) is 13.2 Å². The maximum atomic E-state index is 13.4. The van der Waals surface area contributed by atoms with Crippen LogP contribution in [0.3, 0.4) is 0 Å². The number of hydrogen-bond acceptors (Lipinski definition) is 2. The zero-order valence-electron chi connectivity index (χ0n) is 8.44. The fourth-order valence-corrected chi connectivity index (χ4v) is 1.15. The molecule has 0 amide bonds. The lowest BCUT2D eigenvalue weighted by Crippen LogP contribution is -2.31. The lowest BCUT2D eigenvalue weighted by molar-refractivity contribution is 0.0188. The molecule has 2 nitrogen and oxygen atoms in total. The predicted molar refractivity (Wildman–Crippen MR) is 58.1 cm³/mol. The van der Waals surface area contributed by atoms with E-state index >= 15 is 0 Å². The second kappa shape index (κ2) is 5.63. The van der Waals surface area contributed by atoms with Crippen molar-refractivity contribution in [2.24, 2.45) is 0 Å². The molecule has 0 unspecified atom stereocenters. The van der Waals surface area contributed by atoms with E-state index in [1.807, 2.05) is 30.3 Å². The highest BCUT2D eigenvalue weighted by Crippen LogP contribution is 2.16. The first-order valence-electron chi connectivity index (χ1n) is 4.82. The van der Waals surface area contributed by atoms with Gasteiger partial charge < -0.3 is 10.2 Å². The SMILES string of the molecule is OCC(F)(CO)C/C=C/c1ccccc1. The average Bonchev–Trinajstić information content (AvgIpc) is 2.30. The lowest BCUT2D eigenvalue weighted by Gasteiger charge is -2.17. The summed E-state index contributed by atoms with van der Waals surface area (Å²) in [4.78, 5) is 0. The molecule has 0 heterocycles. The number of rotatable bonds is 5. The van der Waals surface area contributed by atoms with Crippen LogP contribution in [-0.4, -0.2) is 29.1 Å². The van der Waals surface area contributed by atoms with Gasteiger partial charge in [-0.3, -0.25) is 0 Å². The molecular weight excluding hydrogens is 195 g/mol. The molecule has 1 aromatic carbocycles. The molecule has 1 aromatic rings. The third-order valence-corrected chi connectivity index (χ3v) is 2.16. The van der Waals surface area contributed by atoms with Crippen LogP contribution >= 0.6 is 0 Å². The molecule has 0 aromatic heterocycles. The molecule has 0 aliphatic heterocycles. The standard InChI is InChI=1S/C12H15FO2/c13-12(9-14,10-15)8-4-7-11-5-2-1-3-6-11/h1-7,14-15H,8-10H2/b7-4+. The Balaban J connectivity index is 2.53. The second-order valence-corrected chi connectivity index (χ2v) is 3.48. The van der Waals surface area contributed by atoms with Crippen LogP contribution < -0.4 is 0 Å². The third kappa shape index (κ3) is 3.81. The van der Waals surface area contributed by atoms with Crippen LogP contribution in [0, 0.1) is 0 Å². The Hall–Kier alpha value is -1.19. The van der Waals surface area contributed by atoms with E-state index in [0.29, 0.717) is 0 Å². The summed E-state index contributed by atoms with van der Waals surface area (Å²) in [6.45, 7) is -1.33. The van der Waals surface area contributed by atoms with Gasteiger partial charge in [-0.15, -0.1) is 0 Å². The highest BCUT2D eigenvalue weighted by molar-refractivity contribution is 5.48. The first-order valence-corrected chi connectivity index (χ1v) is 4.82. The molecule has 0 aliphatic carbocycles. The van der Waals surface area contributed by atoms with E-state index in [2.05, 4.69) is 0 Å². The van der Waals surface area contributed by atoms with E-state index in [1.54, 1.807) is 12.2 Å². The van der Waals surface area contributed by atoms with Gasteiger partial charge in [0.1, 0.15) is 0 Å². The van der Waals surface area contributed by atoms with Gasteiger partial charge in [0.2, 0.25) is 0 Å². The fourth-order valence-electron chi connectivity index (χ4n) is 1.15. The summed E-state index contributed by atoms with van der Waals surface area (Å²) in [5.41, 5.74) is -0.943. The quantitative estimate of drug-likeness (QED) is 0.777. The molecule has 3 heteroatoms. The minimum absolute atomic E-state index is 0.00882. The van der Waals surface area contributed by atoms with Crippen molar-refractivity contribution in [3.05, 3.63) is 42.0 Å². The third-order valence-electron chi connectivity index (χ3n) is 2.16. The molecule has 15 heavy (non-hydrogen) atoms. The van der Waals surface area contributed by atoms with E-state index in [-0.39, 0.29) is 6.42 Å². The van der Waals surface area contributed by atoms with Crippen molar-refractivity contribution in [1.29, 1.82) is 0 Å². The van der Waals surface area contributed by atoms with Gasteiger partial charge in [0.25, 0.3) is 0 Å². The molecule has 0 fully saturated rings. The zero-order chi connectivity index (χ0) is 11.1. The summed E-state index contributed by atoms with van der Waals surface area (Å²) >= 11 is 0. The molecule has 0 atom stereocenters. The highest BCUT2D eigenvalue weighted by atomic mass is 19.1. The zero-order valence-corrected chi connectivity index (χ0v) is 8.44. The smallest absolute Gasteiger partial charge is 0.160 e. The van der Waals surface area contributed by atoms with E-state index in [1.165, 1.54) is 0 Å². The number of halogens is 1. The number of aliphatic hydroxyl groups excluding tert-OH is 2. The molecule has 1 rings (SSSR count). The number of alkyl halides is 1. The summed E-state index contributed by atoms with van der Waals surface area (Å²) in [7, 11) is 0. The van der Waals surface area contributed by atoms with Crippen LogP contribution in [0.2, 0.25) is 0 Å². The Morgan fingerprint density at radius 1 is 1.13 bits per heavy atom. The maximum Gasteiger partial charge on any atom is 0.160 e. The Labute approximate surface area is 88.7 Å². The normalized spacial score (nSPS) is 12.2. The molecule has 2 N–H and O–H groups in total. The Kier molecular flexibility index (Phi) is 4.46. The van der Waals surface area contributed by atoms with Crippen LogP contribution in [0.25, 0.3) is 6.08 Å². The van der Waals surface area contributed by atoms with Gasteiger partial charge in [-0.05, 0) is 5.56 Å². The van der Waals surface area contributed by atoms with Gasteiger partial charge in [-0.25, -0.2) is 4.39 Å². The van der Waals surface area contributed by atoms with Crippen LogP contribution in [0.1, 0.15) is 12.0 Å². The highest BCUT2D eigenvalue weighted by Gasteiger charge is 2.25. The second-order valence-electron chi connectivity index (χ2n) is 3.48. The van der Waals surface area contributed by atoms with E-state index in [0.717, 1.165) is 5.56 Å². The van der Waals surface area contributed by atoms with Crippen molar-refractivity contribution < 1.29 is 14.6 Å². The van der Waals surface area contributed by atoms with Crippen molar-refractivity contribution in [3.63, 3.8) is 0 Å². The molecule has 82 valence electrons. The first kappa shape index (κ1) is 11.9. The Morgan fingerprint density at radius 2 is 1.73 bits per heavy atom. The molecule has 0 spiro atoms. The minimum atomic E-state index is -1.91. The van der Waals surface area contributed by atoms with Gasteiger partial charge in [0, 0.05) is 6.42 Å². The maximum absolute atomic E-state index is 13.4. The molecular formula is C12H15FO2. The number of hydrogen-bond donors (Lipinski definition) is 2. The summed E-state index contributed by atoms with van der Waals surface area (Å²) in [5, 5.41) is 17.4. The van der Waals surface area contributed by atoms with Crippen molar-refractivity contribution in [1.82, 2.24) is 0 Å². The molecule has 0 bridgehead atoms. The van der Waals surface area contributed by atoms with Crippen molar-refractivity contribution in [3.8, 4) is 0 Å². The molecule has 0 radical (unpaired) electrons. The van der Waals surface area contributed by atoms with Crippen molar-refractivity contribution in [2.45, 2.75) is 12.1 Å². The van der Waals surface area contributed by atoms with Gasteiger partial charge in [-0.1, -0.05) is 42.5 Å². The van der Waals surface area contributed by atoms with Crippen LogP contribution in [-0.2, 0) is 0 Å². The summed E-state index contributed by atoms with van der Waals surface area (Å²) in [6, 6.07) is 9.47. The summed E-state index contributed by atoms with van der Waals surface area (Å²) < 4.78 is 13.4. The summed E-state index contributed by atoms with van der Waals surface area (Å²) in [5.74, 6) is 0. The monoisotopic (exact) mass is 210 g/mol. The van der Waals surface area contributed by atoms with Crippen LogP contribution in [0.4, 0.5) is 4.39 Å². The van der Waals surface area contributed by atoms with Crippen LogP contribution in [0.5, 0.6) is 0 Å². The number of aliphatic hydroxyl groups is 2. The lowest BCUT2D eigenvalue weighted by atomic mass is 10.0. The summed E-state index contributed by atoms with van der Waals surface area (Å²) in [6.07, 6.45) is 3.39. The number of benzene rings is 1. The van der Waals surface area contributed by atoms with E-state index in [9.17, 15) is 4.39 Å². The average molecular weight is 210 g/mol. The van der Waals surface area contributed by atoms with Gasteiger partial charge in [-0.2, -0.15) is 0 Å². The molecule has 0 saturated carbocycles. The topological polar surface area (TPSA) is 40.5 Å². The van der Waals surface area contributed by atoms with E-state index < -0.39 is 18.9 Å². The predicted octanol–water partition coefficient (Wildman–Crippen LogP) is 1.78. The molecule has 0 saturated heterocycles. The van der Waals surface area contributed by atoms with Crippen LogP contribution in [0.15, 0.2) is 36.4 Å². The van der Waals surface area contributed by atoms with Crippen molar-refractivity contribution in [2.75, 3.05) is 13.2 Å². The fraction of sp³-hybridized carbons (Fsp3) is 0.333. The van der Waals surface area contributed by atoms with Crippen molar-refractivity contribution >= 4 is 6.08 Å². The number of allylic oxidation sites excluding steroid dienone is 1. The Bertz CT molecular complexity index is 305. The minimum Gasteiger partial charge on any atom is -0.393 e. The van der Waals surface area contributed by atoms with Gasteiger partial charge >= 0.3 is 0 Å². The first-order chi connectivity index (χ1) is 7.20. The van der Waals surface area contributed by atoms with E-state index in [4.69, 9.17) is 10.2 Å². The largest absolute Gasteiger partial charge is 0.393 e. The Morgan fingerprint density at radius 3 is 2.27 bits per heavy atom. The molecule has 0 aliphatic rings.